The minimum Gasteiger partial charge on any atom is -0.480 e. The van der Waals surface area contributed by atoms with Crippen molar-refractivity contribution in [3.63, 3.8) is 0 Å². The molecule has 1 heterocycles. The van der Waals surface area contributed by atoms with Gasteiger partial charge < -0.3 is 19.3 Å². The molecule has 0 saturated carbocycles. The van der Waals surface area contributed by atoms with E-state index in [4.69, 9.17) is 14.2 Å². The molecule has 0 spiro atoms. The average molecular weight is 394 g/mol. The van der Waals surface area contributed by atoms with E-state index in [0.717, 1.165) is 4.57 Å². The fourth-order valence-electron chi connectivity index (χ4n) is 2.99. The highest BCUT2D eigenvalue weighted by Gasteiger charge is 2.25. The molecule has 0 saturated heterocycles. The molecule has 154 valence electrons. The number of carboxylic acid groups (broad SMARTS) is 1. The summed E-state index contributed by atoms with van der Waals surface area (Å²) in [5, 5.41) is 9.75. The number of rotatable bonds is 11. The lowest BCUT2D eigenvalue weighted by atomic mass is 10.1. The third-order valence-corrected chi connectivity index (χ3v) is 4.36. The van der Waals surface area contributed by atoms with Gasteiger partial charge in [0, 0.05) is 13.7 Å². The van der Waals surface area contributed by atoms with E-state index in [0.29, 0.717) is 37.4 Å². The third kappa shape index (κ3) is 4.60. The SMILES string of the molecule is CCCC(C(=O)O)n1c(=O)c2cc(OCOCCOC)ccc2n(CC)c1=O. The molecule has 1 aromatic carbocycles. The van der Waals surface area contributed by atoms with Gasteiger partial charge in [-0.3, -0.25) is 9.36 Å². The molecule has 0 bridgehead atoms. The first kappa shape index (κ1) is 21.6. The third-order valence-electron chi connectivity index (χ3n) is 4.36. The zero-order valence-electron chi connectivity index (χ0n) is 16.3. The smallest absolute Gasteiger partial charge is 0.332 e. The Morgan fingerprint density at radius 1 is 1.21 bits per heavy atom. The Balaban J connectivity index is 2.52. The van der Waals surface area contributed by atoms with Crippen LogP contribution in [0, 0.1) is 0 Å². The Morgan fingerprint density at radius 3 is 2.57 bits per heavy atom. The number of aryl methyl sites for hydroxylation is 1. The van der Waals surface area contributed by atoms with Crippen LogP contribution in [0.1, 0.15) is 32.7 Å². The fourth-order valence-corrected chi connectivity index (χ4v) is 2.99. The minimum atomic E-state index is -1.21. The van der Waals surface area contributed by atoms with Crippen molar-refractivity contribution in [2.45, 2.75) is 39.3 Å². The lowest BCUT2D eigenvalue weighted by Crippen LogP contribution is -2.44. The predicted molar refractivity (Wildman–Crippen MR) is 103 cm³/mol. The highest BCUT2D eigenvalue weighted by atomic mass is 16.7. The van der Waals surface area contributed by atoms with E-state index in [1.165, 1.54) is 10.6 Å². The van der Waals surface area contributed by atoms with Crippen LogP contribution >= 0.6 is 0 Å². The number of hydrogen-bond acceptors (Lipinski definition) is 6. The van der Waals surface area contributed by atoms with E-state index in [1.807, 2.05) is 0 Å². The van der Waals surface area contributed by atoms with E-state index in [2.05, 4.69) is 0 Å². The van der Waals surface area contributed by atoms with Crippen LogP contribution in [0.5, 0.6) is 5.75 Å². The average Bonchev–Trinajstić information content (AvgIpc) is 2.67. The normalized spacial score (nSPS) is 12.2. The molecule has 1 atom stereocenters. The molecule has 0 aliphatic carbocycles. The van der Waals surface area contributed by atoms with Crippen LogP contribution in [0.4, 0.5) is 0 Å². The molecule has 1 N–H and O–H groups in total. The summed E-state index contributed by atoms with van der Waals surface area (Å²) in [7, 11) is 1.56. The van der Waals surface area contributed by atoms with Gasteiger partial charge >= 0.3 is 11.7 Å². The summed E-state index contributed by atoms with van der Waals surface area (Å²) in [4.78, 5) is 37.5. The predicted octanol–water partition coefficient (Wildman–Crippen LogP) is 1.61. The summed E-state index contributed by atoms with van der Waals surface area (Å²) in [5.74, 6) is -0.820. The second-order valence-electron chi connectivity index (χ2n) is 6.19. The number of carbonyl (C=O) groups is 1. The van der Waals surface area contributed by atoms with Crippen molar-refractivity contribution in [3.05, 3.63) is 39.0 Å². The second kappa shape index (κ2) is 10.0. The molecule has 1 aromatic heterocycles. The Labute approximate surface area is 162 Å². The quantitative estimate of drug-likeness (QED) is 0.455. The summed E-state index contributed by atoms with van der Waals surface area (Å²) < 4.78 is 17.8. The lowest BCUT2D eigenvalue weighted by molar-refractivity contribution is -0.141. The van der Waals surface area contributed by atoms with Crippen LogP contribution in [0.3, 0.4) is 0 Å². The van der Waals surface area contributed by atoms with Gasteiger partial charge in [-0.1, -0.05) is 13.3 Å². The van der Waals surface area contributed by atoms with Gasteiger partial charge in [-0.05, 0) is 31.5 Å². The lowest BCUT2D eigenvalue weighted by Gasteiger charge is -2.18. The van der Waals surface area contributed by atoms with Crippen molar-refractivity contribution in [1.82, 2.24) is 9.13 Å². The molecule has 9 heteroatoms. The first-order valence-corrected chi connectivity index (χ1v) is 9.17. The zero-order chi connectivity index (χ0) is 20.7. The largest absolute Gasteiger partial charge is 0.480 e. The first-order chi connectivity index (χ1) is 13.5. The number of methoxy groups -OCH3 is 1. The van der Waals surface area contributed by atoms with Gasteiger partial charge in [-0.2, -0.15) is 0 Å². The van der Waals surface area contributed by atoms with Crippen molar-refractivity contribution in [2.24, 2.45) is 0 Å². The van der Waals surface area contributed by atoms with Crippen LogP contribution in [0.2, 0.25) is 0 Å². The molecule has 28 heavy (non-hydrogen) atoms. The van der Waals surface area contributed by atoms with E-state index in [-0.39, 0.29) is 18.6 Å². The van der Waals surface area contributed by atoms with E-state index in [1.54, 1.807) is 33.1 Å². The molecule has 2 aromatic rings. The van der Waals surface area contributed by atoms with Gasteiger partial charge in [0.2, 0.25) is 0 Å². The second-order valence-corrected chi connectivity index (χ2v) is 6.19. The summed E-state index contributed by atoms with van der Waals surface area (Å²) in [6.45, 7) is 4.64. The number of benzene rings is 1. The maximum absolute atomic E-state index is 13.0. The van der Waals surface area contributed by atoms with Crippen molar-refractivity contribution in [3.8, 4) is 5.75 Å². The molecule has 0 amide bonds. The molecule has 2 rings (SSSR count). The molecular formula is C19H26N2O7. The maximum Gasteiger partial charge on any atom is 0.332 e. The Kier molecular flexibility index (Phi) is 7.77. The standard InChI is InChI=1S/C19H26N2O7/c1-4-6-16(18(23)24)21-17(22)14-11-13(28-12-27-10-9-26-3)7-8-15(14)20(5-2)19(21)25/h7-8,11,16H,4-6,9-10,12H2,1-3H3,(H,23,24). The highest BCUT2D eigenvalue weighted by Crippen LogP contribution is 2.19. The Hall–Kier alpha value is -2.65. The van der Waals surface area contributed by atoms with Crippen molar-refractivity contribution in [2.75, 3.05) is 27.1 Å². The van der Waals surface area contributed by atoms with Crippen molar-refractivity contribution >= 4 is 16.9 Å². The van der Waals surface area contributed by atoms with Gasteiger partial charge in [0.05, 0.1) is 24.1 Å². The number of fused-ring (bicyclic) bond motifs is 1. The number of hydrogen-bond donors (Lipinski definition) is 1. The Bertz CT molecular complexity index is 932. The van der Waals surface area contributed by atoms with Crippen molar-refractivity contribution < 1.29 is 24.1 Å². The minimum absolute atomic E-state index is 0.0238. The number of aliphatic carboxylic acids is 1. The summed E-state index contributed by atoms with van der Waals surface area (Å²) >= 11 is 0. The first-order valence-electron chi connectivity index (χ1n) is 9.17. The molecule has 9 nitrogen and oxygen atoms in total. The summed E-state index contributed by atoms with van der Waals surface area (Å²) in [6.07, 6.45) is 0.707. The number of nitrogens with zero attached hydrogens (tertiary/aromatic N) is 2. The van der Waals surface area contributed by atoms with Crippen LogP contribution in [0.25, 0.3) is 10.9 Å². The summed E-state index contributed by atoms with van der Waals surface area (Å²) in [6, 6.07) is 3.54. The molecule has 0 aliphatic rings. The summed E-state index contributed by atoms with van der Waals surface area (Å²) in [5.41, 5.74) is -0.837. The Morgan fingerprint density at radius 2 is 1.96 bits per heavy atom. The zero-order valence-corrected chi connectivity index (χ0v) is 16.3. The van der Waals surface area contributed by atoms with Gasteiger partial charge in [0.25, 0.3) is 5.56 Å². The van der Waals surface area contributed by atoms with E-state index >= 15 is 0 Å². The van der Waals surface area contributed by atoms with E-state index in [9.17, 15) is 19.5 Å². The molecule has 0 aliphatic heterocycles. The van der Waals surface area contributed by atoms with Gasteiger partial charge in [0.1, 0.15) is 11.8 Å². The van der Waals surface area contributed by atoms with Crippen molar-refractivity contribution in [1.29, 1.82) is 0 Å². The topological polar surface area (TPSA) is 109 Å². The molecule has 0 fully saturated rings. The molecule has 0 radical (unpaired) electrons. The fraction of sp³-hybridized carbons (Fsp3) is 0.526. The van der Waals surface area contributed by atoms with Gasteiger partial charge in [0.15, 0.2) is 6.79 Å². The highest BCUT2D eigenvalue weighted by molar-refractivity contribution is 5.80. The van der Waals surface area contributed by atoms with Crippen LogP contribution in [0.15, 0.2) is 27.8 Å². The number of aromatic nitrogens is 2. The molecular weight excluding hydrogens is 368 g/mol. The van der Waals surface area contributed by atoms with Crippen LogP contribution in [-0.2, 0) is 20.8 Å². The van der Waals surface area contributed by atoms with Crippen LogP contribution in [-0.4, -0.2) is 47.3 Å². The monoisotopic (exact) mass is 394 g/mol. The number of carboxylic acids is 1. The van der Waals surface area contributed by atoms with E-state index < -0.39 is 23.3 Å². The molecule has 1 unspecified atom stereocenters. The van der Waals surface area contributed by atoms with Crippen LogP contribution < -0.4 is 16.0 Å². The van der Waals surface area contributed by atoms with Gasteiger partial charge in [-0.25, -0.2) is 14.2 Å². The number of ether oxygens (including phenoxy) is 3. The van der Waals surface area contributed by atoms with Gasteiger partial charge in [-0.15, -0.1) is 0 Å². The maximum atomic E-state index is 13.0.